The average Bonchev–Trinajstić information content (AvgIpc) is 2.78. The summed E-state index contributed by atoms with van der Waals surface area (Å²) in [4.78, 5) is 26.7. The SMILES string of the molecule is CCNC(=O)N1CCC[C@@H](c2cccc(C(=O)NCc3ccc(CC)cc3)c2)C1. The number of carbonyl (C=O) groups is 2. The van der Waals surface area contributed by atoms with Crippen LogP contribution in [-0.4, -0.2) is 36.5 Å². The van der Waals surface area contributed by atoms with Gasteiger partial charge in [-0.2, -0.15) is 0 Å². The van der Waals surface area contributed by atoms with Crippen LogP contribution in [-0.2, 0) is 13.0 Å². The fourth-order valence-electron chi connectivity index (χ4n) is 3.81. The molecule has 0 saturated carbocycles. The minimum absolute atomic E-state index is 0.000175. The lowest BCUT2D eigenvalue weighted by molar-refractivity contribution is 0.0950. The van der Waals surface area contributed by atoms with E-state index < -0.39 is 0 Å². The van der Waals surface area contributed by atoms with Gasteiger partial charge in [0.05, 0.1) is 0 Å². The van der Waals surface area contributed by atoms with Gasteiger partial charge in [-0.15, -0.1) is 0 Å². The molecule has 1 aliphatic rings. The van der Waals surface area contributed by atoms with Crippen LogP contribution < -0.4 is 10.6 Å². The highest BCUT2D eigenvalue weighted by atomic mass is 16.2. The maximum Gasteiger partial charge on any atom is 0.317 e. The van der Waals surface area contributed by atoms with Crippen LogP contribution in [0.15, 0.2) is 48.5 Å². The minimum atomic E-state index is -0.0668. The standard InChI is InChI=1S/C24H31N3O2/c1-3-18-10-12-19(13-11-18)16-26-23(28)21-8-5-7-20(15-21)22-9-6-14-27(17-22)24(29)25-4-2/h5,7-8,10-13,15,22H,3-4,6,9,14,16-17H2,1-2H3,(H,25,29)(H,26,28)/t22-/m1/s1. The lowest BCUT2D eigenvalue weighted by atomic mass is 9.89. The highest BCUT2D eigenvalue weighted by molar-refractivity contribution is 5.94. The zero-order chi connectivity index (χ0) is 20.6. The Bertz CT molecular complexity index is 832. The van der Waals surface area contributed by atoms with E-state index in [1.807, 2.05) is 30.0 Å². The van der Waals surface area contributed by atoms with Gasteiger partial charge >= 0.3 is 6.03 Å². The first-order valence-electron chi connectivity index (χ1n) is 10.6. The Balaban J connectivity index is 1.62. The van der Waals surface area contributed by atoms with Gasteiger partial charge in [0.25, 0.3) is 5.91 Å². The van der Waals surface area contributed by atoms with Gasteiger partial charge in [-0.25, -0.2) is 4.79 Å². The second-order valence-corrected chi connectivity index (χ2v) is 7.60. The van der Waals surface area contributed by atoms with Crippen molar-refractivity contribution < 1.29 is 9.59 Å². The van der Waals surface area contributed by atoms with Crippen molar-refractivity contribution in [2.45, 2.75) is 45.6 Å². The molecule has 1 heterocycles. The van der Waals surface area contributed by atoms with E-state index in [9.17, 15) is 9.59 Å². The summed E-state index contributed by atoms with van der Waals surface area (Å²) in [5, 5.41) is 5.89. The predicted molar refractivity (Wildman–Crippen MR) is 116 cm³/mol. The number of hydrogen-bond acceptors (Lipinski definition) is 2. The quantitative estimate of drug-likeness (QED) is 0.777. The third-order valence-electron chi connectivity index (χ3n) is 5.54. The molecule has 2 aromatic rings. The number of amides is 3. The Morgan fingerprint density at radius 1 is 1.03 bits per heavy atom. The number of aryl methyl sites for hydroxylation is 1. The summed E-state index contributed by atoms with van der Waals surface area (Å²) < 4.78 is 0. The first kappa shape index (κ1) is 20.9. The van der Waals surface area contributed by atoms with Crippen molar-refractivity contribution in [2.75, 3.05) is 19.6 Å². The Hall–Kier alpha value is -2.82. The van der Waals surface area contributed by atoms with Gasteiger partial charge in [-0.1, -0.05) is 43.3 Å². The molecule has 0 unspecified atom stereocenters. The van der Waals surface area contributed by atoms with Crippen molar-refractivity contribution in [2.24, 2.45) is 0 Å². The van der Waals surface area contributed by atoms with Gasteiger partial charge in [0.15, 0.2) is 0 Å². The van der Waals surface area contributed by atoms with E-state index in [1.54, 1.807) is 0 Å². The Labute approximate surface area is 173 Å². The number of carbonyl (C=O) groups excluding carboxylic acids is 2. The van der Waals surface area contributed by atoms with Crippen LogP contribution in [0.5, 0.6) is 0 Å². The first-order chi connectivity index (χ1) is 14.1. The van der Waals surface area contributed by atoms with Gasteiger partial charge < -0.3 is 15.5 Å². The molecule has 154 valence electrons. The fraction of sp³-hybridized carbons (Fsp3) is 0.417. The van der Waals surface area contributed by atoms with Crippen molar-refractivity contribution in [3.63, 3.8) is 0 Å². The van der Waals surface area contributed by atoms with Gasteiger partial charge in [0, 0.05) is 37.7 Å². The first-order valence-corrected chi connectivity index (χ1v) is 10.6. The Morgan fingerprint density at radius 3 is 2.52 bits per heavy atom. The van der Waals surface area contributed by atoms with Crippen LogP contribution in [0.1, 0.15) is 59.7 Å². The minimum Gasteiger partial charge on any atom is -0.348 e. The summed E-state index contributed by atoms with van der Waals surface area (Å²) in [7, 11) is 0. The molecule has 1 aliphatic heterocycles. The molecule has 5 heteroatoms. The highest BCUT2D eigenvalue weighted by Gasteiger charge is 2.24. The fourth-order valence-corrected chi connectivity index (χ4v) is 3.81. The van der Waals surface area contributed by atoms with E-state index in [4.69, 9.17) is 0 Å². The van der Waals surface area contributed by atoms with Gasteiger partial charge in [0.2, 0.25) is 0 Å². The van der Waals surface area contributed by atoms with Crippen molar-refractivity contribution in [3.8, 4) is 0 Å². The van der Waals surface area contributed by atoms with Crippen LogP contribution in [0.2, 0.25) is 0 Å². The summed E-state index contributed by atoms with van der Waals surface area (Å²) in [5.74, 6) is 0.198. The molecular weight excluding hydrogens is 362 g/mol. The maximum atomic E-state index is 12.6. The number of benzene rings is 2. The molecule has 5 nitrogen and oxygen atoms in total. The van der Waals surface area contributed by atoms with Crippen LogP contribution >= 0.6 is 0 Å². The second-order valence-electron chi connectivity index (χ2n) is 7.60. The van der Waals surface area contributed by atoms with Crippen molar-refractivity contribution >= 4 is 11.9 Å². The number of rotatable bonds is 6. The normalized spacial score (nSPS) is 16.3. The maximum absolute atomic E-state index is 12.6. The molecule has 1 atom stereocenters. The number of nitrogens with one attached hydrogen (secondary N) is 2. The largest absolute Gasteiger partial charge is 0.348 e. The van der Waals surface area contributed by atoms with Crippen LogP contribution in [0, 0.1) is 0 Å². The van der Waals surface area contributed by atoms with Gasteiger partial charge in [0.1, 0.15) is 0 Å². The lowest BCUT2D eigenvalue weighted by Crippen LogP contribution is -2.44. The molecule has 0 aromatic heterocycles. The number of likely N-dealkylation sites (tertiary alicyclic amines) is 1. The molecule has 1 saturated heterocycles. The number of urea groups is 1. The second kappa shape index (κ2) is 10.1. The molecule has 0 spiro atoms. The van der Waals surface area contributed by atoms with Gasteiger partial charge in [-0.05, 0) is 55.0 Å². The summed E-state index contributed by atoms with van der Waals surface area (Å²) in [6, 6.07) is 16.2. The molecule has 1 fully saturated rings. The van der Waals surface area contributed by atoms with E-state index in [2.05, 4.69) is 47.9 Å². The Morgan fingerprint density at radius 2 is 1.79 bits per heavy atom. The van der Waals surface area contributed by atoms with Crippen molar-refractivity contribution in [1.82, 2.24) is 15.5 Å². The third kappa shape index (κ3) is 5.59. The highest BCUT2D eigenvalue weighted by Crippen LogP contribution is 2.27. The summed E-state index contributed by atoms with van der Waals surface area (Å²) in [6.45, 7) is 6.70. The molecule has 2 N–H and O–H groups in total. The van der Waals surface area contributed by atoms with Crippen LogP contribution in [0.3, 0.4) is 0 Å². The van der Waals surface area contributed by atoms with Gasteiger partial charge in [-0.3, -0.25) is 4.79 Å². The van der Waals surface area contributed by atoms with E-state index in [-0.39, 0.29) is 17.9 Å². The van der Waals surface area contributed by atoms with E-state index >= 15 is 0 Å². The van der Waals surface area contributed by atoms with E-state index in [0.29, 0.717) is 25.2 Å². The summed E-state index contributed by atoms with van der Waals surface area (Å²) >= 11 is 0. The average molecular weight is 394 g/mol. The predicted octanol–water partition coefficient (Wildman–Crippen LogP) is 4.09. The summed E-state index contributed by atoms with van der Waals surface area (Å²) in [6.07, 6.45) is 3.02. The molecule has 3 amide bonds. The van der Waals surface area contributed by atoms with Crippen molar-refractivity contribution in [3.05, 3.63) is 70.8 Å². The van der Waals surface area contributed by atoms with E-state index in [1.165, 1.54) is 5.56 Å². The molecule has 3 rings (SSSR count). The van der Waals surface area contributed by atoms with E-state index in [0.717, 1.165) is 36.9 Å². The van der Waals surface area contributed by atoms with Crippen LogP contribution in [0.25, 0.3) is 0 Å². The zero-order valence-corrected chi connectivity index (χ0v) is 17.4. The molecule has 0 radical (unpaired) electrons. The number of piperidine rings is 1. The van der Waals surface area contributed by atoms with Crippen molar-refractivity contribution in [1.29, 1.82) is 0 Å². The molecule has 0 bridgehead atoms. The number of hydrogen-bond donors (Lipinski definition) is 2. The molecule has 29 heavy (non-hydrogen) atoms. The molecule has 0 aliphatic carbocycles. The summed E-state index contributed by atoms with van der Waals surface area (Å²) in [5.41, 5.74) is 4.18. The smallest absolute Gasteiger partial charge is 0.317 e. The lowest BCUT2D eigenvalue weighted by Gasteiger charge is -2.33. The Kier molecular flexibility index (Phi) is 7.28. The van der Waals surface area contributed by atoms with Crippen LogP contribution in [0.4, 0.5) is 4.79 Å². The zero-order valence-electron chi connectivity index (χ0n) is 17.4. The molecular formula is C24H31N3O2. The number of nitrogens with zero attached hydrogens (tertiary/aromatic N) is 1. The third-order valence-corrected chi connectivity index (χ3v) is 5.54. The monoisotopic (exact) mass is 393 g/mol. The topological polar surface area (TPSA) is 61.4 Å². The molecule has 2 aromatic carbocycles.